The van der Waals surface area contributed by atoms with Crippen molar-refractivity contribution in [2.75, 3.05) is 5.73 Å². The Morgan fingerprint density at radius 2 is 1.74 bits per heavy atom. The molecule has 3 aromatic rings. The molecule has 1 amide bonds. The van der Waals surface area contributed by atoms with Crippen molar-refractivity contribution in [1.29, 1.82) is 5.26 Å². The van der Waals surface area contributed by atoms with Crippen LogP contribution in [0.25, 0.3) is 0 Å². The van der Waals surface area contributed by atoms with Crippen molar-refractivity contribution < 1.29 is 23.5 Å². The molecule has 1 aliphatic heterocycles. The van der Waals surface area contributed by atoms with Crippen molar-refractivity contribution in [3.8, 4) is 6.07 Å². The Kier molecular flexibility index (Phi) is 10.1. The maximum atomic E-state index is 15.2. The highest BCUT2D eigenvalue weighted by Crippen LogP contribution is 2.52. The molecule has 12 heteroatoms. The number of benzene rings is 3. The fourth-order valence-corrected chi connectivity index (χ4v) is 5.90. The highest BCUT2D eigenvalue weighted by atomic mass is 35.5. The topological polar surface area (TPSA) is 142 Å². The molecule has 0 aliphatic carbocycles. The normalized spacial score (nSPS) is 21.6. The van der Waals surface area contributed by atoms with Gasteiger partial charge in [0.2, 0.25) is 5.91 Å². The first-order valence-electron chi connectivity index (χ1n) is 12.7. The van der Waals surface area contributed by atoms with Crippen LogP contribution >= 0.6 is 34.8 Å². The monoisotopic (exact) mass is 636 g/mol. The van der Waals surface area contributed by atoms with Crippen LogP contribution in [0, 0.1) is 28.4 Å². The van der Waals surface area contributed by atoms with E-state index < -0.39 is 46.9 Å². The van der Waals surface area contributed by atoms with Gasteiger partial charge in [-0.05, 0) is 53.8 Å². The van der Waals surface area contributed by atoms with Gasteiger partial charge in [-0.3, -0.25) is 14.9 Å². The van der Waals surface area contributed by atoms with Gasteiger partial charge in [-0.2, -0.15) is 5.26 Å². The van der Waals surface area contributed by atoms with Crippen LogP contribution in [0.2, 0.25) is 15.1 Å². The average molecular weight is 638 g/mol. The molecule has 42 heavy (non-hydrogen) atoms. The predicted octanol–water partition coefficient (Wildman–Crippen LogP) is 6.70. The summed E-state index contributed by atoms with van der Waals surface area (Å²) in [6.07, 6.45) is 0.338. The first-order chi connectivity index (χ1) is 19.5. The van der Waals surface area contributed by atoms with Gasteiger partial charge in [-0.25, -0.2) is 8.78 Å². The van der Waals surface area contributed by atoms with Crippen LogP contribution in [0.1, 0.15) is 54.6 Å². The number of carbonyl (C=O) groups excluding carboxylic acids is 1. The number of primary amides is 1. The van der Waals surface area contributed by atoms with Crippen molar-refractivity contribution in [1.82, 2.24) is 5.32 Å². The van der Waals surface area contributed by atoms with Gasteiger partial charge >= 0.3 is 5.97 Å². The lowest BCUT2D eigenvalue weighted by molar-refractivity contribution is -0.139. The largest absolute Gasteiger partial charge is 0.480 e. The molecule has 1 fully saturated rings. The summed E-state index contributed by atoms with van der Waals surface area (Å²) in [6, 6.07) is 12.7. The molecule has 6 N–H and O–H groups in total. The SMILES string of the molecule is CC(C)(C)C[C@@H]1N[C@@H](C(=O)O)[C@H](c2cccc(Cl)c2F)[C@@]1(C#N)c1ccc(Cl)cc1F.NC(=O)c1ccc(N)cc1Cl. The number of anilines is 1. The lowest BCUT2D eigenvalue weighted by atomic mass is 9.62. The number of nitriles is 1. The molecule has 0 radical (unpaired) electrons. The third-order valence-electron chi connectivity index (χ3n) is 6.97. The first-order valence-corrected chi connectivity index (χ1v) is 13.8. The minimum atomic E-state index is -1.73. The number of amides is 1. The number of aliphatic carboxylic acids is 1. The minimum Gasteiger partial charge on any atom is -0.480 e. The molecule has 222 valence electrons. The number of carboxylic acids is 1. The highest BCUT2D eigenvalue weighted by Gasteiger charge is 2.61. The van der Waals surface area contributed by atoms with Crippen LogP contribution in [0.15, 0.2) is 54.6 Å². The third kappa shape index (κ3) is 6.79. The van der Waals surface area contributed by atoms with E-state index in [2.05, 4.69) is 11.4 Å². The zero-order valence-electron chi connectivity index (χ0n) is 22.9. The lowest BCUT2D eigenvalue weighted by Gasteiger charge is -2.37. The smallest absolute Gasteiger partial charge is 0.321 e. The molecule has 4 rings (SSSR count). The Morgan fingerprint density at radius 3 is 2.26 bits per heavy atom. The van der Waals surface area contributed by atoms with Gasteiger partial charge in [0.25, 0.3) is 0 Å². The minimum absolute atomic E-state index is 0.0331. The number of carbonyl (C=O) groups is 2. The van der Waals surface area contributed by atoms with E-state index in [-0.39, 0.29) is 31.6 Å². The van der Waals surface area contributed by atoms with Crippen LogP contribution in [-0.4, -0.2) is 29.1 Å². The van der Waals surface area contributed by atoms with Crippen molar-refractivity contribution >= 4 is 52.4 Å². The number of hydrogen-bond donors (Lipinski definition) is 4. The Labute approximate surface area is 257 Å². The molecular weight excluding hydrogens is 609 g/mol. The standard InChI is InChI=1S/C23H22Cl2F2N2O2.C7H7ClN2O/c1-22(2,3)10-17-23(11-28,14-8-7-12(24)9-16(14)26)18(20(29-17)21(30)31)13-5-4-6-15(25)19(13)27;8-6-3-4(9)1-2-5(6)7(10)11/h4-9,17-18,20,29H,10H2,1-3H3,(H,30,31);1-3H,9H2,(H2,10,11)/t17-,18-,20+,23-;/m0./s1. The van der Waals surface area contributed by atoms with Crippen molar-refractivity contribution in [2.24, 2.45) is 11.1 Å². The second-order valence-electron chi connectivity index (χ2n) is 11.1. The number of hydrogen-bond acceptors (Lipinski definition) is 5. The number of nitrogen functional groups attached to an aromatic ring is 1. The molecule has 1 heterocycles. The quantitative estimate of drug-likeness (QED) is 0.229. The summed E-state index contributed by atoms with van der Waals surface area (Å²) in [6.45, 7) is 5.79. The number of rotatable bonds is 5. The van der Waals surface area contributed by atoms with Gasteiger partial charge < -0.3 is 16.6 Å². The molecular formula is C30H29Cl3F2N4O3. The first kappa shape index (κ1) is 33.1. The van der Waals surface area contributed by atoms with Crippen molar-refractivity contribution in [3.63, 3.8) is 0 Å². The Bertz CT molecular complexity index is 1560. The van der Waals surface area contributed by atoms with E-state index in [0.717, 1.165) is 6.07 Å². The van der Waals surface area contributed by atoms with Crippen LogP contribution in [0.3, 0.4) is 0 Å². The van der Waals surface area contributed by atoms with E-state index in [9.17, 15) is 20.0 Å². The number of nitrogens with two attached hydrogens (primary N) is 2. The summed E-state index contributed by atoms with van der Waals surface area (Å²) in [5.41, 5.74) is 9.04. The van der Waals surface area contributed by atoms with Gasteiger partial charge in [0.05, 0.1) is 21.7 Å². The zero-order chi connectivity index (χ0) is 31.6. The number of nitrogens with zero attached hydrogens (tertiary/aromatic N) is 1. The summed E-state index contributed by atoms with van der Waals surface area (Å²) in [5, 5.41) is 23.7. The van der Waals surface area contributed by atoms with Crippen molar-refractivity contribution in [3.05, 3.63) is 98.0 Å². The van der Waals surface area contributed by atoms with Crippen LogP contribution < -0.4 is 16.8 Å². The number of nitrogens with one attached hydrogen (secondary N) is 1. The summed E-state index contributed by atoms with van der Waals surface area (Å²) in [5.74, 6) is -4.64. The summed E-state index contributed by atoms with van der Waals surface area (Å²) in [7, 11) is 0. The third-order valence-corrected chi connectivity index (χ3v) is 7.81. The van der Waals surface area contributed by atoms with Gasteiger partial charge in [0.15, 0.2) is 0 Å². The predicted molar refractivity (Wildman–Crippen MR) is 160 cm³/mol. The van der Waals surface area contributed by atoms with E-state index >= 15 is 8.78 Å². The molecule has 0 saturated carbocycles. The Balaban J connectivity index is 0.000000369. The summed E-state index contributed by atoms with van der Waals surface area (Å²) in [4.78, 5) is 22.9. The van der Waals surface area contributed by atoms with Gasteiger partial charge in [0, 0.05) is 28.2 Å². The molecule has 0 spiro atoms. The van der Waals surface area contributed by atoms with E-state index in [1.165, 1.54) is 42.5 Å². The Morgan fingerprint density at radius 1 is 1.07 bits per heavy atom. The summed E-state index contributed by atoms with van der Waals surface area (Å²) >= 11 is 17.5. The highest BCUT2D eigenvalue weighted by molar-refractivity contribution is 6.34. The van der Waals surface area contributed by atoms with E-state index in [0.29, 0.717) is 17.7 Å². The van der Waals surface area contributed by atoms with Crippen molar-refractivity contribution in [2.45, 2.75) is 50.6 Å². The molecule has 7 nitrogen and oxygen atoms in total. The van der Waals surface area contributed by atoms with Gasteiger partial charge in [0.1, 0.15) is 23.1 Å². The molecule has 1 aliphatic rings. The summed E-state index contributed by atoms with van der Waals surface area (Å²) < 4.78 is 30.3. The van der Waals surface area contributed by atoms with E-state index in [1.54, 1.807) is 6.07 Å². The molecule has 3 aromatic carbocycles. The number of halogens is 5. The van der Waals surface area contributed by atoms with Gasteiger partial charge in [-0.1, -0.05) is 73.8 Å². The zero-order valence-corrected chi connectivity index (χ0v) is 25.2. The second kappa shape index (κ2) is 12.8. The maximum Gasteiger partial charge on any atom is 0.321 e. The van der Waals surface area contributed by atoms with Crippen LogP contribution in [0.5, 0.6) is 0 Å². The Hall–Kier alpha value is -3.42. The fourth-order valence-electron chi connectivity index (χ4n) is 5.27. The van der Waals surface area contributed by atoms with Crippen LogP contribution in [-0.2, 0) is 10.2 Å². The lowest BCUT2D eigenvalue weighted by Crippen LogP contribution is -2.44. The van der Waals surface area contributed by atoms with Gasteiger partial charge in [-0.15, -0.1) is 0 Å². The molecule has 4 atom stereocenters. The second-order valence-corrected chi connectivity index (χ2v) is 12.4. The fraction of sp³-hybridized carbons (Fsp3) is 0.300. The maximum absolute atomic E-state index is 15.2. The average Bonchev–Trinajstić information content (AvgIpc) is 3.19. The molecule has 1 saturated heterocycles. The molecule has 0 bridgehead atoms. The van der Waals surface area contributed by atoms with E-state index in [1.807, 2.05) is 20.8 Å². The van der Waals surface area contributed by atoms with Crippen LogP contribution in [0.4, 0.5) is 14.5 Å². The van der Waals surface area contributed by atoms with E-state index in [4.69, 9.17) is 46.3 Å². The molecule has 0 unspecified atom stereocenters. The molecule has 0 aromatic heterocycles. The number of carboxylic acid groups (broad SMARTS) is 1.